The van der Waals surface area contributed by atoms with Gasteiger partial charge in [-0.15, -0.1) is 0 Å². The monoisotopic (exact) mass is 264 g/mol. The SMILES string of the molecule is Nc1ccc2cc(-c3ccc(O)nc3)ccc2c1C=O. The van der Waals surface area contributed by atoms with Crippen molar-refractivity contribution in [2.24, 2.45) is 0 Å². The number of benzene rings is 2. The molecular weight excluding hydrogens is 252 g/mol. The average Bonchev–Trinajstić information content (AvgIpc) is 2.47. The van der Waals surface area contributed by atoms with Gasteiger partial charge in [-0.2, -0.15) is 0 Å². The molecular formula is C16H12N2O2. The van der Waals surface area contributed by atoms with E-state index in [9.17, 15) is 9.90 Å². The number of aldehydes is 1. The van der Waals surface area contributed by atoms with Gasteiger partial charge in [-0.25, -0.2) is 4.98 Å². The van der Waals surface area contributed by atoms with Crippen LogP contribution in [0.2, 0.25) is 0 Å². The van der Waals surface area contributed by atoms with E-state index in [-0.39, 0.29) is 5.88 Å². The third kappa shape index (κ3) is 1.97. The van der Waals surface area contributed by atoms with Gasteiger partial charge in [-0.05, 0) is 34.5 Å². The molecule has 2 aromatic carbocycles. The van der Waals surface area contributed by atoms with Crippen molar-refractivity contribution in [3.05, 3.63) is 54.2 Å². The van der Waals surface area contributed by atoms with Crippen molar-refractivity contribution in [1.82, 2.24) is 4.98 Å². The number of nitrogen functional groups attached to an aromatic ring is 1. The molecule has 3 aromatic rings. The van der Waals surface area contributed by atoms with Gasteiger partial charge in [-0.1, -0.05) is 18.2 Å². The van der Waals surface area contributed by atoms with Crippen molar-refractivity contribution >= 4 is 22.7 Å². The Kier molecular flexibility index (Phi) is 2.84. The van der Waals surface area contributed by atoms with Gasteiger partial charge in [0.15, 0.2) is 6.29 Å². The van der Waals surface area contributed by atoms with Crippen molar-refractivity contribution in [2.75, 3.05) is 5.73 Å². The average molecular weight is 264 g/mol. The number of aromatic nitrogens is 1. The third-order valence-electron chi connectivity index (χ3n) is 3.29. The highest BCUT2D eigenvalue weighted by Crippen LogP contribution is 2.28. The number of anilines is 1. The molecule has 0 aliphatic carbocycles. The molecule has 0 spiro atoms. The van der Waals surface area contributed by atoms with Gasteiger partial charge in [0.25, 0.3) is 0 Å². The van der Waals surface area contributed by atoms with E-state index in [2.05, 4.69) is 4.98 Å². The standard InChI is InChI=1S/C16H12N2O2/c17-15-5-2-11-7-10(1-4-13(11)14(15)9-19)12-3-6-16(20)18-8-12/h1-9H,17H2,(H,18,20). The topological polar surface area (TPSA) is 76.2 Å². The van der Waals surface area contributed by atoms with Gasteiger partial charge in [-0.3, -0.25) is 4.79 Å². The highest BCUT2D eigenvalue weighted by Gasteiger charge is 2.06. The Labute approximate surface area is 115 Å². The van der Waals surface area contributed by atoms with Crippen molar-refractivity contribution in [2.45, 2.75) is 0 Å². The van der Waals surface area contributed by atoms with Gasteiger partial charge in [0.1, 0.15) is 0 Å². The number of carbonyl (C=O) groups excluding carboxylic acids is 1. The fourth-order valence-corrected chi connectivity index (χ4v) is 2.24. The second kappa shape index (κ2) is 4.66. The van der Waals surface area contributed by atoms with E-state index in [1.165, 1.54) is 0 Å². The lowest BCUT2D eigenvalue weighted by molar-refractivity contribution is 0.112. The summed E-state index contributed by atoms with van der Waals surface area (Å²) < 4.78 is 0. The Morgan fingerprint density at radius 1 is 1.05 bits per heavy atom. The van der Waals surface area contributed by atoms with Crippen LogP contribution in [0.3, 0.4) is 0 Å². The molecule has 0 unspecified atom stereocenters. The highest BCUT2D eigenvalue weighted by molar-refractivity contribution is 6.04. The van der Waals surface area contributed by atoms with E-state index < -0.39 is 0 Å². The van der Waals surface area contributed by atoms with E-state index in [0.717, 1.165) is 28.2 Å². The molecule has 0 aliphatic heterocycles. The Hall–Kier alpha value is -2.88. The number of carbonyl (C=O) groups is 1. The number of aromatic hydroxyl groups is 1. The van der Waals surface area contributed by atoms with Gasteiger partial charge < -0.3 is 10.8 Å². The fraction of sp³-hybridized carbons (Fsp3) is 0. The Bertz CT molecular complexity index is 795. The van der Waals surface area contributed by atoms with Crippen LogP contribution >= 0.6 is 0 Å². The summed E-state index contributed by atoms with van der Waals surface area (Å²) in [7, 11) is 0. The molecule has 0 fully saturated rings. The molecule has 0 bridgehead atoms. The molecule has 0 aliphatic rings. The molecule has 4 heteroatoms. The predicted octanol–water partition coefficient (Wildman–Crippen LogP) is 3.00. The number of rotatable bonds is 2. The van der Waals surface area contributed by atoms with Gasteiger partial charge >= 0.3 is 0 Å². The van der Waals surface area contributed by atoms with Gasteiger partial charge in [0.05, 0.1) is 0 Å². The first kappa shape index (κ1) is 12.2. The van der Waals surface area contributed by atoms with Gasteiger partial charge in [0.2, 0.25) is 5.88 Å². The highest BCUT2D eigenvalue weighted by atomic mass is 16.3. The number of nitrogens with zero attached hydrogens (tertiary/aromatic N) is 1. The molecule has 4 nitrogen and oxygen atoms in total. The molecule has 20 heavy (non-hydrogen) atoms. The van der Waals surface area contributed by atoms with Crippen LogP contribution in [0, 0.1) is 0 Å². The lowest BCUT2D eigenvalue weighted by atomic mass is 9.99. The van der Waals surface area contributed by atoms with Crippen LogP contribution < -0.4 is 5.73 Å². The largest absolute Gasteiger partial charge is 0.493 e. The van der Waals surface area contributed by atoms with E-state index in [1.807, 2.05) is 24.3 Å². The summed E-state index contributed by atoms with van der Waals surface area (Å²) in [6, 6.07) is 12.7. The zero-order valence-corrected chi connectivity index (χ0v) is 10.6. The summed E-state index contributed by atoms with van der Waals surface area (Å²) in [5, 5.41) is 11.0. The second-order valence-corrected chi connectivity index (χ2v) is 4.53. The second-order valence-electron chi connectivity index (χ2n) is 4.53. The molecule has 0 saturated carbocycles. The van der Waals surface area contributed by atoms with E-state index >= 15 is 0 Å². The molecule has 3 N–H and O–H groups in total. The summed E-state index contributed by atoms with van der Waals surface area (Å²) in [5.41, 5.74) is 8.65. The summed E-state index contributed by atoms with van der Waals surface area (Å²) in [5.74, 6) is -0.00875. The molecule has 0 atom stereocenters. The van der Waals surface area contributed by atoms with Crippen LogP contribution in [0.4, 0.5) is 5.69 Å². The normalized spacial score (nSPS) is 10.6. The van der Waals surface area contributed by atoms with E-state index in [0.29, 0.717) is 11.3 Å². The lowest BCUT2D eigenvalue weighted by Gasteiger charge is -2.07. The molecule has 0 radical (unpaired) electrons. The smallest absolute Gasteiger partial charge is 0.210 e. The molecule has 1 heterocycles. The number of fused-ring (bicyclic) bond motifs is 1. The Balaban J connectivity index is 2.19. The van der Waals surface area contributed by atoms with Crippen molar-refractivity contribution in [3.63, 3.8) is 0 Å². The summed E-state index contributed by atoms with van der Waals surface area (Å²) in [4.78, 5) is 15.0. The van der Waals surface area contributed by atoms with Gasteiger partial charge in [0, 0.05) is 29.1 Å². The minimum absolute atomic E-state index is 0.00875. The number of pyridine rings is 1. The zero-order valence-electron chi connectivity index (χ0n) is 10.6. The first-order valence-electron chi connectivity index (χ1n) is 6.12. The maximum Gasteiger partial charge on any atom is 0.210 e. The van der Waals surface area contributed by atoms with Crippen molar-refractivity contribution < 1.29 is 9.90 Å². The Morgan fingerprint density at radius 2 is 1.85 bits per heavy atom. The third-order valence-corrected chi connectivity index (χ3v) is 3.29. The van der Waals surface area contributed by atoms with Crippen LogP contribution in [0.25, 0.3) is 21.9 Å². The van der Waals surface area contributed by atoms with Crippen molar-refractivity contribution in [1.29, 1.82) is 0 Å². The maximum absolute atomic E-state index is 11.1. The molecule has 3 rings (SSSR count). The first-order valence-corrected chi connectivity index (χ1v) is 6.12. The molecule has 1 aromatic heterocycles. The van der Waals surface area contributed by atoms with Crippen LogP contribution in [-0.2, 0) is 0 Å². The molecule has 98 valence electrons. The fourth-order valence-electron chi connectivity index (χ4n) is 2.24. The van der Waals surface area contributed by atoms with Crippen LogP contribution in [-0.4, -0.2) is 16.4 Å². The minimum atomic E-state index is -0.00875. The maximum atomic E-state index is 11.1. The predicted molar refractivity (Wildman–Crippen MR) is 78.6 cm³/mol. The summed E-state index contributed by atoms with van der Waals surface area (Å²) in [6.45, 7) is 0. The van der Waals surface area contributed by atoms with E-state index in [4.69, 9.17) is 5.73 Å². The van der Waals surface area contributed by atoms with Crippen LogP contribution in [0.1, 0.15) is 10.4 Å². The molecule has 0 amide bonds. The minimum Gasteiger partial charge on any atom is -0.493 e. The first-order chi connectivity index (χ1) is 9.69. The lowest BCUT2D eigenvalue weighted by Crippen LogP contribution is -1.94. The van der Waals surface area contributed by atoms with Crippen LogP contribution in [0.15, 0.2) is 48.7 Å². The summed E-state index contributed by atoms with van der Waals surface area (Å²) in [6.07, 6.45) is 2.38. The summed E-state index contributed by atoms with van der Waals surface area (Å²) >= 11 is 0. The Morgan fingerprint density at radius 3 is 2.55 bits per heavy atom. The van der Waals surface area contributed by atoms with Crippen molar-refractivity contribution in [3.8, 4) is 17.0 Å². The number of nitrogens with two attached hydrogens (primary N) is 1. The molecule has 0 saturated heterocycles. The quantitative estimate of drug-likeness (QED) is 0.551. The zero-order chi connectivity index (χ0) is 14.1. The number of hydrogen-bond acceptors (Lipinski definition) is 4. The number of hydrogen-bond donors (Lipinski definition) is 2. The van der Waals surface area contributed by atoms with Crippen LogP contribution in [0.5, 0.6) is 5.88 Å². The van der Waals surface area contributed by atoms with E-state index in [1.54, 1.807) is 24.4 Å².